The minimum absolute atomic E-state index is 0.00461. The Hall–Kier alpha value is -1.41. The number of carbonyl (C=O) groups excluding carboxylic acids is 1. The van der Waals surface area contributed by atoms with Crippen LogP contribution in [0.15, 0.2) is 28.9 Å². The number of halogens is 1. The van der Waals surface area contributed by atoms with Gasteiger partial charge >= 0.3 is 0 Å². The molecule has 0 spiro atoms. The van der Waals surface area contributed by atoms with Crippen molar-refractivity contribution < 1.29 is 4.79 Å². The molecule has 3 heteroatoms. The zero-order valence-corrected chi connectivity index (χ0v) is 9.84. The highest BCUT2D eigenvalue weighted by Crippen LogP contribution is 2.12. The largest absolute Gasteiger partial charge is 0.289 e. The summed E-state index contributed by atoms with van der Waals surface area (Å²) in [6.45, 7) is 5.91. The fourth-order valence-corrected chi connectivity index (χ4v) is 1.88. The highest BCUT2D eigenvalue weighted by atomic mass is 35.5. The van der Waals surface area contributed by atoms with Gasteiger partial charge in [0.2, 0.25) is 0 Å². The van der Waals surface area contributed by atoms with Gasteiger partial charge in [-0.15, -0.1) is 0 Å². The van der Waals surface area contributed by atoms with Gasteiger partial charge in [-0.05, 0) is 18.6 Å². The highest BCUT2D eigenvalue weighted by molar-refractivity contribution is 6.30. The lowest BCUT2D eigenvalue weighted by molar-refractivity contribution is 0.104. The molecular weight excluding hydrogens is 222 g/mol. The van der Waals surface area contributed by atoms with Gasteiger partial charge in [0.1, 0.15) is 0 Å². The van der Waals surface area contributed by atoms with Crippen LogP contribution in [-0.2, 0) is 0 Å². The highest BCUT2D eigenvalue weighted by Gasteiger charge is 2.13. The molecule has 82 valence electrons. The van der Waals surface area contributed by atoms with E-state index in [0.717, 1.165) is 18.5 Å². The van der Waals surface area contributed by atoms with Crippen molar-refractivity contribution in [2.75, 3.05) is 0 Å². The molecular formula is C13H12ClNO. The van der Waals surface area contributed by atoms with Crippen LogP contribution in [0.25, 0.3) is 6.58 Å². The summed E-state index contributed by atoms with van der Waals surface area (Å²) in [5, 5.41) is 1.81. The first kappa shape index (κ1) is 11.1. The van der Waals surface area contributed by atoms with E-state index in [4.69, 9.17) is 11.6 Å². The third-order valence-corrected chi connectivity index (χ3v) is 2.90. The quantitative estimate of drug-likeness (QED) is 0.771. The second-order valence-corrected chi connectivity index (χ2v) is 4.19. The van der Waals surface area contributed by atoms with Gasteiger partial charge in [-0.2, -0.15) is 0 Å². The van der Waals surface area contributed by atoms with E-state index in [-0.39, 0.29) is 5.78 Å². The van der Waals surface area contributed by atoms with Gasteiger partial charge in [0, 0.05) is 27.6 Å². The normalized spacial score (nSPS) is 14.1. The Bertz CT molecular complexity index is 587. The monoisotopic (exact) mass is 233 g/mol. The summed E-state index contributed by atoms with van der Waals surface area (Å²) in [4.78, 5) is 16.3. The van der Waals surface area contributed by atoms with E-state index in [1.54, 1.807) is 18.2 Å². The number of rotatable bonds is 2. The number of fused-ring (bicyclic) bond motifs is 1. The van der Waals surface area contributed by atoms with Crippen LogP contribution in [0, 0.1) is 0 Å². The average Bonchev–Trinajstić information content (AvgIpc) is 2.25. The molecule has 0 saturated carbocycles. The van der Waals surface area contributed by atoms with Crippen LogP contribution in [0.2, 0.25) is 5.02 Å². The second-order valence-electron chi connectivity index (χ2n) is 3.78. The van der Waals surface area contributed by atoms with Crippen LogP contribution >= 0.6 is 11.6 Å². The van der Waals surface area contributed by atoms with E-state index in [1.165, 1.54) is 0 Å². The van der Waals surface area contributed by atoms with Crippen molar-refractivity contribution in [3.8, 4) is 0 Å². The number of allylic oxidation sites excluding steroid dienone is 2. The van der Waals surface area contributed by atoms with Gasteiger partial charge in [-0.25, -0.2) is 0 Å². The molecule has 1 aliphatic heterocycles. The van der Waals surface area contributed by atoms with Gasteiger partial charge in [-0.3, -0.25) is 9.79 Å². The fraction of sp³-hybridized carbons (Fsp3) is 0.231. The Balaban J connectivity index is 2.69. The van der Waals surface area contributed by atoms with Crippen molar-refractivity contribution in [2.24, 2.45) is 4.99 Å². The van der Waals surface area contributed by atoms with Crippen molar-refractivity contribution in [2.45, 2.75) is 19.8 Å². The van der Waals surface area contributed by atoms with Crippen LogP contribution < -0.4 is 10.6 Å². The lowest BCUT2D eigenvalue weighted by atomic mass is 10.0. The van der Waals surface area contributed by atoms with Crippen LogP contribution in [0.5, 0.6) is 0 Å². The van der Waals surface area contributed by atoms with Crippen LogP contribution in [0.4, 0.5) is 0 Å². The van der Waals surface area contributed by atoms with Crippen LogP contribution in [0.1, 0.15) is 30.1 Å². The Kier molecular flexibility index (Phi) is 2.92. The Morgan fingerprint density at radius 1 is 1.44 bits per heavy atom. The molecule has 0 radical (unpaired) electrons. The number of hydrogen-bond donors (Lipinski definition) is 0. The number of hydrogen-bond acceptors (Lipinski definition) is 2. The molecule has 1 aliphatic rings. The predicted octanol–water partition coefficient (Wildman–Crippen LogP) is 2.25. The minimum Gasteiger partial charge on any atom is -0.289 e. The number of nitrogens with zero attached hydrogens (tertiary/aromatic N) is 1. The third kappa shape index (κ3) is 1.81. The first-order chi connectivity index (χ1) is 7.63. The summed E-state index contributed by atoms with van der Waals surface area (Å²) in [7, 11) is 0. The lowest BCUT2D eigenvalue weighted by Gasteiger charge is -2.08. The molecule has 0 atom stereocenters. The maximum Gasteiger partial charge on any atom is 0.189 e. The molecule has 0 unspecified atom stereocenters. The number of ketones is 1. The second kappa shape index (κ2) is 4.22. The first-order valence-corrected chi connectivity index (χ1v) is 5.62. The van der Waals surface area contributed by atoms with Crippen LogP contribution in [-0.4, -0.2) is 5.78 Å². The molecule has 0 aromatic heterocycles. The van der Waals surface area contributed by atoms with E-state index in [2.05, 4.69) is 18.5 Å². The molecule has 1 aromatic rings. The van der Waals surface area contributed by atoms with Gasteiger partial charge in [0.25, 0.3) is 0 Å². The molecule has 0 saturated heterocycles. The molecule has 0 N–H and O–H groups in total. The summed E-state index contributed by atoms with van der Waals surface area (Å²) in [6, 6.07) is 3.40. The molecule has 1 aromatic carbocycles. The molecule has 0 bridgehead atoms. The molecule has 0 fully saturated rings. The SMILES string of the molecule is C=c1c(Cl)ccc2c1=NC(CCC)=CC2=O. The summed E-state index contributed by atoms with van der Waals surface area (Å²) >= 11 is 5.96. The lowest BCUT2D eigenvalue weighted by Crippen LogP contribution is -2.32. The molecule has 0 amide bonds. The third-order valence-electron chi connectivity index (χ3n) is 2.55. The first-order valence-electron chi connectivity index (χ1n) is 5.24. The number of carbonyl (C=O) groups is 1. The fourth-order valence-electron chi connectivity index (χ4n) is 1.73. The van der Waals surface area contributed by atoms with Crippen molar-refractivity contribution in [3.05, 3.63) is 45.1 Å². The average molecular weight is 234 g/mol. The predicted molar refractivity (Wildman–Crippen MR) is 65.1 cm³/mol. The molecule has 1 heterocycles. The van der Waals surface area contributed by atoms with E-state index in [1.807, 2.05) is 0 Å². The minimum atomic E-state index is -0.00461. The molecule has 16 heavy (non-hydrogen) atoms. The van der Waals surface area contributed by atoms with Crippen LogP contribution in [0.3, 0.4) is 0 Å². The molecule has 2 rings (SSSR count). The summed E-state index contributed by atoms with van der Waals surface area (Å²) in [6.07, 6.45) is 3.36. The van der Waals surface area contributed by atoms with Crippen molar-refractivity contribution in [1.82, 2.24) is 0 Å². The zero-order chi connectivity index (χ0) is 11.7. The van der Waals surface area contributed by atoms with Gasteiger partial charge in [-0.1, -0.05) is 31.5 Å². The summed E-state index contributed by atoms with van der Waals surface area (Å²) < 4.78 is 0. The van der Waals surface area contributed by atoms with Gasteiger partial charge in [0.05, 0.1) is 5.36 Å². The van der Waals surface area contributed by atoms with E-state index < -0.39 is 0 Å². The Labute approximate surface area is 99.0 Å². The van der Waals surface area contributed by atoms with E-state index in [9.17, 15) is 4.79 Å². The number of benzene rings is 1. The molecule has 2 nitrogen and oxygen atoms in total. The maximum absolute atomic E-state index is 11.8. The maximum atomic E-state index is 11.8. The van der Waals surface area contributed by atoms with Crippen molar-refractivity contribution in [3.63, 3.8) is 0 Å². The molecule has 0 aliphatic carbocycles. The standard InChI is InChI=1S/C13H12ClNO/c1-3-4-9-7-12(16)10-5-6-11(14)8(2)13(10)15-9/h5-7H,2-4H2,1H3. The Morgan fingerprint density at radius 3 is 2.88 bits per heavy atom. The topological polar surface area (TPSA) is 29.4 Å². The van der Waals surface area contributed by atoms with E-state index in [0.29, 0.717) is 21.2 Å². The van der Waals surface area contributed by atoms with Gasteiger partial charge in [0.15, 0.2) is 5.78 Å². The summed E-state index contributed by atoms with van der Waals surface area (Å²) in [5.74, 6) is -0.00461. The smallest absolute Gasteiger partial charge is 0.189 e. The zero-order valence-electron chi connectivity index (χ0n) is 9.09. The van der Waals surface area contributed by atoms with Crippen molar-refractivity contribution in [1.29, 1.82) is 0 Å². The Morgan fingerprint density at radius 2 is 2.19 bits per heavy atom. The van der Waals surface area contributed by atoms with E-state index >= 15 is 0 Å². The summed E-state index contributed by atoms with van der Waals surface area (Å²) in [5.41, 5.74) is 1.40. The van der Waals surface area contributed by atoms with Crippen molar-refractivity contribution >= 4 is 24.0 Å². The van der Waals surface area contributed by atoms with Gasteiger partial charge < -0.3 is 0 Å².